The molecule has 0 aliphatic carbocycles. The van der Waals surface area contributed by atoms with Gasteiger partial charge in [0.05, 0.1) is 14.2 Å². The minimum absolute atomic E-state index is 0.0709. The second-order valence-corrected chi connectivity index (χ2v) is 6.22. The number of fused-ring (bicyclic) bond motifs is 1. The molecule has 0 saturated heterocycles. The zero-order chi connectivity index (χ0) is 19.4. The van der Waals surface area contributed by atoms with Gasteiger partial charge in [-0.15, -0.1) is 0 Å². The molecule has 2 aromatic carbocycles. The van der Waals surface area contributed by atoms with Crippen LogP contribution in [0.1, 0.15) is 21.5 Å². The summed E-state index contributed by atoms with van der Waals surface area (Å²) in [6.45, 7) is 1.04. The molecule has 0 saturated carbocycles. The smallest absolute Gasteiger partial charge is 0.260 e. The Morgan fingerprint density at radius 1 is 1.04 bits per heavy atom. The molecule has 0 atom stereocenters. The van der Waals surface area contributed by atoms with E-state index in [-0.39, 0.29) is 12.5 Å². The monoisotopic (exact) mass is 370 g/mol. The van der Waals surface area contributed by atoms with Crippen LogP contribution in [0.4, 0.5) is 0 Å². The molecule has 0 fully saturated rings. The van der Waals surface area contributed by atoms with Crippen LogP contribution in [-0.4, -0.2) is 44.1 Å². The van der Waals surface area contributed by atoms with Crippen molar-refractivity contribution in [1.82, 2.24) is 4.90 Å². The second-order valence-electron chi connectivity index (χ2n) is 6.22. The molecule has 7 nitrogen and oxygen atoms in total. The van der Waals surface area contributed by atoms with E-state index in [1.165, 1.54) is 0 Å². The average Bonchev–Trinajstić information content (AvgIpc) is 2.70. The lowest BCUT2D eigenvalue weighted by atomic mass is 9.99. The van der Waals surface area contributed by atoms with Crippen molar-refractivity contribution in [3.05, 3.63) is 53.1 Å². The molecule has 3 rings (SSSR count). The first-order valence-electron chi connectivity index (χ1n) is 8.56. The summed E-state index contributed by atoms with van der Waals surface area (Å²) in [5.74, 6) is 1.25. The number of carbonyl (C=O) groups is 2. The Morgan fingerprint density at radius 3 is 2.26 bits per heavy atom. The van der Waals surface area contributed by atoms with Gasteiger partial charge in [0.15, 0.2) is 18.1 Å². The highest BCUT2D eigenvalue weighted by Crippen LogP contribution is 2.33. The molecule has 1 aliphatic rings. The average molecular weight is 370 g/mol. The van der Waals surface area contributed by atoms with Crippen LogP contribution < -0.4 is 19.9 Å². The molecule has 1 aliphatic heterocycles. The number of carbonyl (C=O) groups excluding carboxylic acids is 2. The van der Waals surface area contributed by atoms with Crippen LogP contribution in [0.15, 0.2) is 36.4 Å². The second kappa shape index (κ2) is 7.99. The fourth-order valence-electron chi connectivity index (χ4n) is 3.05. The predicted molar refractivity (Wildman–Crippen MR) is 99.1 cm³/mol. The summed E-state index contributed by atoms with van der Waals surface area (Å²) in [5.41, 5.74) is 7.79. The summed E-state index contributed by atoms with van der Waals surface area (Å²) in [4.78, 5) is 25.3. The van der Waals surface area contributed by atoms with E-state index in [1.807, 2.05) is 12.1 Å². The molecule has 27 heavy (non-hydrogen) atoms. The van der Waals surface area contributed by atoms with Gasteiger partial charge in [-0.25, -0.2) is 0 Å². The lowest BCUT2D eigenvalue weighted by Gasteiger charge is -2.29. The highest BCUT2D eigenvalue weighted by molar-refractivity contribution is 5.92. The van der Waals surface area contributed by atoms with Crippen molar-refractivity contribution in [3.8, 4) is 17.2 Å². The van der Waals surface area contributed by atoms with Crippen LogP contribution in [0.2, 0.25) is 0 Å². The van der Waals surface area contributed by atoms with E-state index in [0.717, 1.165) is 17.5 Å². The van der Waals surface area contributed by atoms with E-state index >= 15 is 0 Å². The van der Waals surface area contributed by atoms with Crippen molar-refractivity contribution >= 4 is 11.8 Å². The number of nitrogens with zero attached hydrogens (tertiary/aromatic N) is 1. The molecule has 7 heteroatoms. The third-order valence-electron chi connectivity index (χ3n) is 4.57. The fraction of sp³-hybridized carbons (Fsp3) is 0.300. The zero-order valence-corrected chi connectivity index (χ0v) is 15.4. The summed E-state index contributed by atoms with van der Waals surface area (Å²) in [6.07, 6.45) is 0.745. The van der Waals surface area contributed by atoms with Gasteiger partial charge in [0, 0.05) is 18.7 Å². The van der Waals surface area contributed by atoms with Gasteiger partial charge in [-0.1, -0.05) is 0 Å². The van der Waals surface area contributed by atoms with Crippen molar-refractivity contribution in [2.45, 2.75) is 13.0 Å². The van der Waals surface area contributed by atoms with Crippen LogP contribution >= 0.6 is 0 Å². The van der Waals surface area contributed by atoms with Gasteiger partial charge in [0.1, 0.15) is 5.75 Å². The summed E-state index contributed by atoms with van der Waals surface area (Å²) in [5, 5.41) is 0. The van der Waals surface area contributed by atoms with Crippen LogP contribution in [0, 0.1) is 0 Å². The lowest BCUT2D eigenvalue weighted by Crippen LogP contribution is -2.38. The highest BCUT2D eigenvalue weighted by Gasteiger charge is 2.23. The fourth-order valence-corrected chi connectivity index (χ4v) is 3.05. The van der Waals surface area contributed by atoms with Crippen LogP contribution in [-0.2, 0) is 17.8 Å². The first-order valence-corrected chi connectivity index (χ1v) is 8.56. The molecule has 0 radical (unpaired) electrons. The molecular weight excluding hydrogens is 348 g/mol. The Morgan fingerprint density at radius 2 is 1.67 bits per heavy atom. The van der Waals surface area contributed by atoms with E-state index in [2.05, 4.69) is 0 Å². The quantitative estimate of drug-likeness (QED) is 0.837. The van der Waals surface area contributed by atoms with Gasteiger partial charge < -0.3 is 24.8 Å². The van der Waals surface area contributed by atoms with E-state index in [0.29, 0.717) is 35.9 Å². The van der Waals surface area contributed by atoms with E-state index < -0.39 is 5.91 Å². The third kappa shape index (κ3) is 4.13. The maximum Gasteiger partial charge on any atom is 0.260 e. The number of rotatable bonds is 6. The number of amides is 2. The molecule has 0 bridgehead atoms. The number of hydrogen-bond donors (Lipinski definition) is 1. The van der Waals surface area contributed by atoms with Crippen molar-refractivity contribution in [2.24, 2.45) is 5.73 Å². The van der Waals surface area contributed by atoms with Gasteiger partial charge in [0.2, 0.25) is 5.91 Å². The standard InChI is InChI=1S/C20H22N2O5/c1-25-17-9-14-7-8-22(11-15(14)10-18(17)26-2)19(23)12-27-16-5-3-13(4-6-16)20(21)24/h3-6,9-10H,7-8,11-12H2,1-2H3,(H2,21,24). The van der Waals surface area contributed by atoms with Gasteiger partial charge in [-0.2, -0.15) is 0 Å². The van der Waals surface area contributed by atoms with Crippen LogP contribution in [0.5, 0.6) is 17.2 Å². The topological polar surface area (TPSA) is 91.1 Å². The van der Waals surface area contributed by atoms with Gasteiger partial charge in [-0.3, -0.25) is 9.59 Å². The molecule has 0 unspecified atom stereocenters. The number of ether oxygens (including phenoxy) is 3. The highest BCUT2D eigenvalue weighted by atomic mass is 16.5. The Balaban J connectivity index is 1.62. The van der Waals surface area contributed by atoms with Crippen LogP contribution in [0.3, 0.4) is 0 Å². The van der Waals surface area contributed by atoms with Gasteiger partial charge in [0.25, 0.3) is 5.91 Å². The number of benzene rings is 2. The molecule has 1 heterocycles. The largest absolute Gasteiger partial charge is 0.493 e. The molecule has 2 amide bonds. The molecule has 0 aromatic heterocycles. The molecule has 0 spiro atoms. The van der Waals surface area contributed by atoms with Crippen molar-refractivity contribution in [1.29, 1.82) is 0 Å². The van der Waals surface area contributed by atoms with Crippen molar-refractivity contribution in [2.75, 3.05) is 27.4 Å². The van der Waals surface area contributed by atoms with Crippen LogP contribution in [0.25, 0.3) is 0 Å². The van der Waals surface area contributed by atoms with Gasteiger partial charge >= 0.3 is 0 Å². The summed E-state index contributed by atoms with van der Waals surface area (Å²) in [7, 11) is 3.20. The van der Waals surface area contributed by atoms with E-state index in [4.69, 9.17) is 19.9 Å². The summed E-state index contributed by atoms with van der Waals surface area (Å²) >= 11 is 0. The number of hydrogen-bond acceptors (Lipinski definition) is 5. The zero-order valence-electron chi connectivity index (χ0n) is 15.4. The Hall–Kier alpha value is -3.22. The molecular formula is C20H22N2O5. The summed E-state index contributed by atoms with van der Waals surface area (Å²) < 4.78 is 16.2. The first kappa shape index (κ1) is 18.6. The SMILES string of the molecule is COc1cc2c(cc1OC)CN(C(=O)COc1ccc(C(N)=O)cc1)CC2. The minimum Gasteiger partial charge on any atom is -0.493 e. The lowest BCUT2D eigenvalue weighted by molar-refractivity contribution is -0.134. The molecule has 142 valence electrons. The Labute approximate surface area is 157 Å². The van der Waals surface area contributed by atoms with E-state index in [1.54, 1.807) is 43.4 Å². The Bertz CT molecular complexity index is 848. The maximum atomic E-state index is 12.5. The van der Waals surface area contributed by atoms with E-state index in [9.17, 15) is 9.59 Å². The molecule has 2 N–H and O–H groups in total. The maximum absolute atomic E-state index is 12.5. The van der Waals surface area contributed by atoms with Crippen molar-refractivity contribution < 1.29 is 23.8 Å². The first-order chi connectivity index (χ1) is 13.0. The predicted octanol–water partition coefficient (Wildman–Crippen LogP) is 1.77. The molecule has 2 aromatic rings. The normalized spacial score (nSPS) is 12.9. The third-order valence-corrected chi connectivity index (χ3v) is 4.57. The van der Waals surface area contributed by atoms with Gasteiger partial charge in [-0.05, 0) is 53.9 Å². The summed E-state index contributed by atoms with van der Waals surface area (Å²) in [6, 6.07) is 10.3. The number of primary amides is 1. The minimum atomic E-state index is -0.503. The van der Waals surface area contributed by atoms with Crippen molar-refractivity contribution in [3.63, 3.8) is 0 Å². The number of methoxy groups -OCH3 is 2. The number of nitrogens with two attached hydrogens (primary N) is 1. The Kier molecular flexibility index (Phi) is 5.49.